The zero-order valence-electron chi connectivity index (χ0n) is 12.9. The molecule has 0 aliphatic carbocycles. The SMILES string of the molecule is C/C(=N/NC(=O)c1cccc(C)c1)c1cc(C)ccc1C. The lowest BCUT2D eigenvalue weighted by Gasteiger charge is -2.07. The molecule has 0 fully saturated rings. The molecule has 3 nitrogen and oxygen atoms in total. The average molecular weight is 280 g/mol. The number of hydrogen-bond donors (Lipinski definition) is 1. The van der Waals surface area contributed by atoms with Gasteiger partial charge in [-0.25, -0.2) is 5.43 Å². The van der Waals surface area contributed by atoms with E-state index in [9.17, 15) is 4.79 Å². The van der Waals surface area contributed by atoms with Gasteiger partial charge in [0.15, 0.2) is 0 Å². The van der Waals surface area contributed by atoms with Crippen LogP contribution in [-0.4, -0.2) is 11.6 Å². The molecule has 0 heterocycles. The molecule has 2 aromatic carbocycles. The lowest BCUT2D eigenvalue weighted by atomic mass is 10.0. The molecule has 0 aromatic heterocycles. The van der Waals surface area contributed by atoms with Crippen molar-refractivity contribution in [2.75, 3.05) is 0 Å². The van der Waals surface area contributed by atoms with Crippen molar-refractivity contribution in [3.8, 4) is 0 Å². The Balaban J connectivity index is 2.17. The summed E-state index contributed by atoms with van der Waals surface area (Å²) < 4.78 is 0. The van der Waals surface area contributed by atoms with Crippen molar-refractivity contribution in [1.29, 1.82) is 0 Å². The molecule has 0 aliphatic heterocycles. The van der Waals surface area contributed by atoms with E-state index in [1.165, 1.54) is 5.56 Å². The van der Waals surface area contributed by atoms with Crippen molar-refractivity contribution in [1.82, 2.24) is 5.43 Å². The van der Waals surface area contributed by atoms with E-state index >= 15 is 0 Å². The van der Waals surface area contributed by atoms with Gasteiger partial charge in [-0.3, -0.25) is 4.79 Å². The summed E-state index contributed by atoms with van der Waals surface area (Å²) in [4.78, 5) is 12.1. The Labute approximate surface area is 125 Å². The molecule has 3 heteroatoms. The summed E-state index contributed by atoms with van der Waals surface area (Å²) in [6.45, 7) is 7.94. The Hall–Kier alpha value is -2.42. The molecular weight excluding hydrogens is 260 g/mol. The topological polar surface area (TPSA) is 41.5 Å². The van der Waals surface area contributed by atoms with Gasteiger partial charge in [-0.2, -0.15) is 5.10 Å². The lowest BCUT2D eigenvalue weighted by molar-refractivity contribution is 0.0954. The van der Waals surface area contributed by atoms with Gasteiger partial charge in [0, 0.05) is 11.1 Å². The second-order valence-corrected chi connectivity index (χ2v) is 5.33. The van der Waals surface area contributed by atoms with E-state index in [4.69, 9.17) is 0 Å². The highest BCUT2D eigenvalue weighted by Gasteiger charge is 2.06. The van der Waals surface area contributed by atoms with E-state index in [1.54, 1.807) is 6.07 Å². The minimum absolute atomic E-state index is 0.191. The maximum absolute atomic E-state index is 12.1. The molecule has 0 aliphatic rings. The molecule has 1 N–H and O–H groups in total. The van der Waals surface area contributed by atoms with E-state index in [2.05, 4.69) is 28.7 Å². The van der Waals surface area contributed by atoms with Gasteiger partial charge in [0.25, 0.3) is 5.91 Å². The van der Waals surface area contributed by atoms with Crippen molar-refractivity contribution < 1.29 is 4.79 Å². The third kappa shape index (κ3) is 3.78. The maximum atomic E-state index is 12.1. The predicted molar refractivity (Wildman–Crippen MR) is 86.8 cm³/mol. The zero-order valence-corrected chi connectivity index (χ0v) is 12.9. The number of rotatable bonds is 3. The number of hydrazone groups is 1. The normalized spacial score (nSPS) is 11.3. The first-order valence-electron chi connectivity index (χ1n) is 6.96. The summed E-state index contributed by atoms with van der Waals surface area (Å²) in [5.41, 5.74) is 8.47. The Morgan fingerprint density at radius 3 is 2.43 bits per heavy atom. The van der Waals surface area contributed by atoms with Crippen LogP contribution < -0.4 is 5.43 Å². The van der Waals surface area contributed by atoms with Gasteiger partial charge in [0.05, 0.1) is 5.71 Å². The highest BCUT2D eigenvalue weighted by Crippen LogP contribution is 2.11. The summed E-state index contributed by atoms with van der Waals surface area (Å²) in [6.07, 6.45) is 0. The lowest BCUT2D eigenvalue weighted by Crippen LogP contribution is -2.19. The van der Waals surface area contributed by atoms with Crippen LogP contribution in [0, 0.1) is 20.8 Å². The third-order valence-corrected chi connectivity index (χ3v) is 3.39. The van der Waals surface area contributed by atoms with E-state index in [0.29, 0.717) is 5.56 Å². The summed E-state index contributed by atoms with van der Waals surface area (Å²) in [5.74, 6) is -0.191. The maximum Gasteiger partial charge on any atom is 0.271 e. The smallest absolute Gasteiger partial charge is 0.267 e. The monoisotopic (exact) mass is 280 g/mol. The molecule has 0 unspecified atom stereocenters. The molecule has 0 saturated carbocycles. The van der Waals surface area contributed by atoms with Gasteiger partial charge in [-0.05, 0) is 51.5 Å². The molecule has 1 amide bonds. The quantitative estimate of drug-likeness (QED) is 0.675. The van der Waals surface area contributed by atoms with Crippen LogP contribution in [-0.2, 0) is 0 Å². The first-order chi connectivity index (χ1) is 9.97. The summed E-state index contributed by atoms with van der Waals surface area (Å²) in [6, 6.07) is 13.7. The first-order valence-corrected chi connectivity index (χ1v) is 6.96. The van der Waals surface area contributed by atoms with Crippen molar-refractivity contribution in [2.45, 2.75) is 27.7 Å². The van der Waals surface area contributed by atoms with Crippen LogP contribution >= 0.6 is 0 Å². The number of hydrogen-bond acceptors (Lipinski definition) is 2. The van der Waals surface area contributed by atoms with Crippen molar-refractivity contribution >= 4 is 11.6 Å². The van der Waals surface area contributed by atoms with E-state index in [0.717, 1.165) is 22.4 Å². The average Bonchev–Trinajstić information content (AvgIpc) is 2.47. The fourth-order valence-corrected chi connectivity index (χ4v) is 2.17. The summed E-state index contributed by atoms with van der Waals surface area (Å²) >= 11 is 0. The highest BCUT2D eigenvalue weighted by atomic mass is 16.2. The largest absolute Gasteiger partial charge is 0.271 e. The molecule has 21 heavy (non-hydrogen) atoms. The van der Waals surface area contributed by atoms with E-state index < -0.39 is 0 Å². The van der Waals surface area contributed by atoms with Crippen LogP contribution in [0.4, 0.5) is 0 Å². The van der Waals surface area contributed by atoms with E-state index in [1.807, 2.05) is 45.9 Å². The van der Waals surface area contributed by atoms with Gasteiger partial charge in [-0.1, -0.05) is 35.4 Å². The Morgan fingerprint density at radius 1 is 1.00 bits per heavy atom. The number of amides is 1. The fourth-order valence-electron chi connectivity index (χ4n) is 2.17. The van der Waals surface area contributed by atoms with Gasteiger partial charge < -0.3 is 0 Å². The molecule has 0 saturated heterocycles. The second kappa shape index (κ2) is 6.35. The minimum atomic E-state index is -0.191. The predicted octanol–water partition coefficient (Wildman–Crippen LogP) is 3.77. The van der Waals surface area contributed by atoms with Gasteiger partial charge in [0.2, 0.25) is 0 Å². The summed E-state index contributed by atoms with van der Waals surface area (Å²) in [5, 5.41) is 4.22. The van der Waals surface area contributed by atoms with Crippen LogP contribution in [0.15, 0.2) is 47.6 Å². The zero-order chi connectivity index (χ0) is 15.4. The van der Waals surface area contributed by atoms with Crippen LogP contribution in [0.1, 0.15) is 39.5 Å². The molecule has 0 bridgehead atoms. The number of nitrogens with zero attached hydrogens (tertiary/aromatic N) is 1. The molecule has 108 valence electrons. The molecule has 0 radical (unpaired) electrons. The van der Waals surface area contributed by atoms with Gasteiger partial charge in [-0.15, -0.1) is 0 Å². The Kier molecular flexibility index (Phi) is 4.53. The fraction of sp³-hybridized carbons (Fsp3) is 0.222. The molecule has 2 aromatic rings. The van der Waals surface area contributed by atoms with Crippen molar-refractivity contribution in [3.05, 3.63) is 70.3 Å². The van der Waals surface area contributed by atoms with Crippen LogP contribution in [0.5, 0.6) is 0 Å². The number of benzene rings is 2. The van der Waals surface area contributed by atoms with Gasteiger partial charge >= 0.3 is 0 Å². The molecular formula is C18H20N2O. The molecule has 2 rings (SSSR count). The van der Waals surface area contributed by atoms with Crippen LogP contribution in [0.3, 0.4) is 0 Å². The number of nitrogens with one attached hydrogen (secondary N) is 1. The second-order valence-electron chi connectivity index (χ2n) is 5.33. The number of carbonyl (C=O) groups is 1. The molecule has 0 atom stereocenters. The van der Waals surface area contributed by atoms with Crippen LogP contribution in [0.25, 0.3) is 0 Å². The Morgan fingerprint density at radius 2 is 1.71 bits per heavy atom. The number of carbonyl (C=O) groups excluding carboxylic acids is 1. The van der Waals surface area contributed by atoms with Crippen molar-refractivity contribution in [3.63, 3.8) is 0 Å². The number of aryl methyl sites for hydroxylation is 3. The first kappa shape index (κ1) is 15.0. The molecule has 0 spiro atoms. The standard InChI is InChI=1S/C18H20N2O/c1-12-6-5-7-16(10-12)18(21)20-19-15(4)17-11-13(2)8-9-14(17)3/h5-11H,1-4H3,(H,20,21)/b19-15-. The summed E-state index contributed by atoms with van der Waals surface area (Å²) in [7, 11) is 0. The Bertz CT molecular complexity index is 702. The third-order valence-electron chi connectivity index (χ3n) is 3.39. The van der Waals surface area contributed by atoms with E-state index in [-0.39, 0.29) is 5.91 Å². The highest BCUT2D eigenvalue weighted by molar-refractivity contribution is 6.01. The van der Waals surface area contributed by atoms with Crippen molar-refractivity contribution in [2.24, 2.45) is 5.10 Å². The van der Waals surface area contributed by atoms with Gasteiger partial charge in [0.1, 0.15) is 0 Å². The minimum Gasteiger partial charge on any atom is -0.267 e. The van der Waals surface area contributed by atoms with Crippen LogP contribution in [0.2, 0.25) is 0 Å².